The summed E-state index contributed by atoms with van der Waals surface area (Å²) in [5, 5.41) is 3.40. The first-order valence-corrected chi connectivity index (χ1v) is 10.6. The highest BCUT2D eigenvalue weighted by Crippen LogP contribution is 2.36. The number of nitrogens with one attached hydrogen (secondary N) is 1. The van der Waals surface area contributed by atoms with Gasteiger partial charge in [-0.25, -0.2) is 9.38 Å². The predicted octanol–water partition coefficient (Wildman–Crippen LogP) is 6.29. The van der Waals surface area contributed by atoms with Gasteiger partial charge in [-0.1, -0.05) is 38.3 Å². The summed E-state index contributed by atoms with van der Waals surface area (Å²) in [5.74, 6) is 0.974. The first-order valence-electron chi connectivity index (χ1n) is 10.6. The zero-order valence-corrected chi connectivity index (χ0v) is 17.4. The molecule has 2 saturated carbocycles. The van der Waals surface area contributed by atoms with Gasteiger partial charge in [-0.05, 0) is 64.4 Å². The Balaban J connectivity index is 2.26. The molecule has 2 aliphatic carbocycles. The van der Waals surface area contributed by atoms with Gasteiger partial charge in [-0.15, -0.1) is 0 Å². The molecular weight excluding hydrogens is 337 g/mol. The van der Waals surface area contributed by atoms with Crippen LogP contribution >= 0.6 is 0 Å². The lowest BCUT2D eigenvalue weighted by Gasteiger charge is -2.23. The van der Waals surface area contributed by atoms with Gasteiger partial charge in [-0.2, -0.15) is 0 Å². The Morgan fingerprint density at radius 1 is 1.19 bits per heavy atom. The lowest BCUT2D eigenvalue weighted by molar-refractivity contribution is 0.396. The van der Waals surface area contributed by atoms with Crippen LogP contribution in [0.4, 0.5) is 4.39 Å². The number of nitrogens with zero attached hydrogens (tertiary/aromatic N) is 2. The largest absolute Gasteiger partial charge is 0.368 e. The third kappa shape index (κ3) is 7.43. The van der Waals surface area contributed by atoms with Gasteiger partial charge in [0.25, 0.3) is 0 Å². The summed E-state index contributed by atoms with van der Waals surface area (Å²) in [5.41, 5.74) is 2.35. The number of halogens is 1. The van der Waals surface area contributed by atoms with Gasteiger partial charge in [0.05, 0.1) is 0 Å². The molecule has 0 aromatic carbocycles. The fourth-order valence-corrected chi connectivity index (χ4v) is 3.55. The summed E-state index contributed by atoms with van der Waals surface area (Å²) < 4.78 is 14.8. The summed E-state index contributed by atoms with van der Waals surface area (Å²) >= 11 is 0. The third-order valence-electron chi connectivity index (χ3n) is 5.28. The molecule has 0 radical (unpaired) electrons. The number of hydrogen-bond donors (Lipinski definition) is 1. The maximum atomic E-state index is 14.8. The molecule has 0 bridgehead atoms. The first kappa shape index (κ1) is 21.6. The highest BCUT2D eigenvalue weighted by Gasteiger charge is 2.24. The van der Waals surface area contributed by atoms with Gasteiger partial charge < -0.3 is 5.32 Å². The van der Waals surface area contributed by atoms with Crippen molar-refractivity contribution in [3.05, 3.63) is 35.4 Å². The van der Waals surface area contributed by atoms with Crippen molar-refractivity contribution in [1.82, 2.24) is 5.32 Å². The smallest absolute Gasteiger partial charge is 0.145 e. The molecule has 27 heavy (non-hydrogen) atoms. The zero-order chi connectivity index (χ0) is 19.6. The van der Waals surface area contributed by atoms with E-state index in [1.165, 1.54) is 43.8 Å². The molecule has 0 aliphatic heterocycles. The maximum absolute atomic E-state index is 14.8. The van der Waals surface area contributed by atoms with Gasteiger partial charge in [0.1, 0.15) is 17.4 Å². The van der Waals surface area contributed by atoms with E-state index in [0.717, 1.165) is 43.7 Å². The van der Waals surface area contributed by atoms with Crippen molar-refractivity contribution in [2.24, 2.45) is 15.9 Å². The van der Waals surface area contributed by atoms with E-state index in [2.05, 4.69) is 35.7 Å². The van der Waals surface area contributed by atoms with Crippen molar-refractivity contribution in [2.45, 2.75) is 84.6 Å². The van der Waals surface area contributed by atoms with E-state index in [9.17, 15) is 4.39 Å². The number of allylic oxidation sites excluding steroid dienone is 4. The van der Waals surface area contributed by atoms with E-state index in [1.54, 1.807) is 6.92 Å². The molecular formula is C23H36FN3. The van der Waals surface area contributed by atoms with Gasteiger partial charge >= 0.3 is 0 Å². The second-order valence-corrected chi connectivity index (χ2v) is 7.90. The third-order valence-corrected chi connectivity index (χ3v) is 5.28. The minimum Gasteiger partial charge on any atom is -0.368 e. The fourth-order valence-electron chi connectivity index (χ4n) is 3.55. The van der Waals surface area contributed by atoms with E-state index < -0.39 is 0 Å². The van der Waals surface area contributed by atoms with Crippen LogP contribution in [0, 0.1) is 5.92 Å². The molecule has 1 N–H and O–H groups in total. The Labute approximate surface area is 164 Å². The molecule has 0 unspecified atom stereocenters. The standard InChI is InChI=1S/C23H36FN3/c1-5-14-25-16-21(17(3)15-19-12-13-19)23(22(24)6-2)27-18(4)26-20-10-8-7-9-11-20/h6,16,19-20,26H,4-5,7-15H2,1-3H3/b21-17-,22-6+,25-16-,27-23-. The Kier molecular flexibility index (Phi) is 8.96. The minimum absolute atomic E-state index is 0.310. The number of rotatable bonds is 10. The molecule has 4 heteroatoms. The predicted molar refractivity (Wildman–Crippen MR) is 115 cm³/mol. The lowest BCUT2D eigenvalue weighted by Crippen LogP contribution is -2.30. The van der Waals surface area contributed by atoms with Crippen molar-refractivity contribution in [2.75, 3.05) is 6.54 Å². The van der Waals surface area contributed by atoms with Crippen LogP contribution < -0.4 is 5.32 Å². The summed E-state index contributed by atoms with van der Waals surface area (Å²) in [7, 11) is 0. The SMILES string of the molecule is C=C(/N=C(C(/C=N\CCC)=C(/C)CC1CC1)\C(F)=C/C)NC1CCCCC1. The topological polar surface area (TPSA) is 36.8 Å². The Hall–Kier alpha value is -1.71. The Bertz CT molecular complexity index is 618. The van der Waals surface area contributed by atoms with Crippen LogP contribution in [-0.4, -0.2) is 24.5 Å². The highest BCUT2D eigenvalue weighted by atomic mass is 19.1. The monoisotopic (exact) mass is 373 g/mol. The van der Waals surface area contributed by atoms with Crippen LogP contribution in [-0.2, 0) is 0 Å². The molecule has 0 heterocycles. The molecule has 0 amide bonds. The van der Waals surface area contributed by atoms with E-state index in [1.807, 2.05) is 6.21 Å². The minimum atomic E-state index is -0.310. The molecule has 2 aliphatic rings. The quantitative estimate of drug-likeness (QED) is 0.449. The number of aliphatic imine (C=N–C) groups is 2. The van der Waals surface area contributed by atoms with E-state index in [0.29, 0.717) is 17.6 Å². The lowest BCUT2D eigenvalue weighted by atomic mass is 9.95. The summed E-state index contributed by atoms with van der Waals surface area (Å²) in [4.78, 5) is 9.08. The van der Waals surface area contributed by atoms with Crippen LogP contribution in [0.5, 0.6) is 0 Å². The van der Waals surface area contributed by atoms with Crippen molar-refractivity contribution in [3.8, 4) is 0 Å². The van der Waals surface area contributed by atoms with Crippen LogP contribution in [0.15, 0.2) is 45.4 Å². The van der Waals surface area contributed by atoms with E-state index >= 15 is 0 Å². The van der Waals surface area contributed by atoms with Crippen LogP contribution in [0.2, 0.25) is 0 Å². The van der Waals surface area contributed by atoms with Gasteiger partial charge in [0.2, 0.25) is 0 Å². The van der Waals surface area contributed by atoms with E-state index in [4.69, 9.17) is 0 Å². The molecule has 2 rings (SSSR count). The van der Waals surface area contributed by atoms with Crippen LogP contribution in [0.25, 0.3) is 0 Å². The summed E-state index contributed by atoms with van der Waals surface area (Å²) in [6.07, 6.45) is 13.8. The van der Waals surface area contributed by atoms with Crippen molar-refractivity contribution >= 4 is 11.9 Å². The van der Waals surface area contributed by atoms with Gasteiger partial charge in [0.15, 0.2) is 0 Å². The van der Waals surface area contributed by atoms with Crippen LogP contribution in [0.1, 0.15) is 78.6 Å². The fraction of sp³-hybridized carbons (Fsp3) is 0.652. The van der Waals surface area contributed by atoms with Gasteiger partial charge in [0, 0.05) is 24.4 Å². The summed E-state index contributed by atoms with van der Waals surface area (Å²) in [6.45, 7) is 10.7. The molecule has 0 aromatic rings. The van der Waals surface area contributed by atoms with Crippen LogP contribution in [0.3, 0.4) is 0 Å². The Morgan fingerprint density at radius 3 is 2.48 bits per heavy atom. The molecule has 2 fully saturated rings. The maximum Gasteiger partial charge on any atom is 0.145 e. The van der Waals surface area contributed by atoms with Gasteiger partial charge in [-0.3, -0.25) is 4.99 Å². The summed E-state index contributed by atoms with van der Waals surface area (Å²) in [6, 6.07) is 0.402. The highest BCUT2D eigenvalue weighted by molar-refractivity contribution is 6.23. The second-order valence-electron chi connectivity index (χ2n) is 7.90. The average Bonchev–Trinajstić information content (AvgIpc) is 3.48. The molecule has 3 nitrogen and oxygen atoms in total. The normalized spacial score (nSPS) is 20.7. The number of hydrogen-bond acceptors (Lipinski definition) is 3. The molecule has 0 spiro atoms. The van der Waals surface area contributed by atoms with Crippen molar-refractivity contribution in [3.63, 3.8) is 0 Å². The van der Waals surface area contributed by atoms with Crippen molar-refractivity contribution in [1.29, 1.82) is 0 Å². The molecule has 0 atom stereocenters. The molecule has 0 saturated heterocycles. The first-order chi connectivity index (χ1) is 13.0. The molecule has 0 aromatic heterocycles. The van der Waals surface area contributed by atoms with E-state index in [-0.39, 0.29) is 5.83 Å². The average molecular weight is 374 g/mol. The molecule has 150 valence electrons. The Morgan fingerprint density at radius 2 is 1.89 bits per heavy atom. The zero-order valence-electron chi connectivity index (χ0n) is 17.4. The van der Waals surface area contributed by atoms with Crippen molar-refractivity contribution < 1.29 is 4.39 Å². The second kappa shape index (κ2) is 11.2.